The second kappa shape index (κ2) is 6.52. The third-order valence-corrected chi connectivity index (χ3v) is 4.17. The number of carbonyl (C=O) groups is 1. The van der Waals surface area contributed by atoms with Gasteiger partial charge in [0.05, 0.1) is 24.6 Å². The Labute approximate surface area is 142 Å². The third kappa shape index (κ3) is 3.28. The zero-order valence-electron chi connectivity index (χ0n) is 12.9. The molecule has 23 heavy (non-hydrogen) atoms. The Hall–Kier alpha value is -2.18. The topological polar surface area (TPSA) is 47.4 Å². The minimum absolute atomic E-state index is 0.0969. The first-order valence-corrected chi connectivity index (χ1v) is 7.90. The van der Waals surface area contributed by atoms with Crippen LogP contribution in [-0.4, -0.2) is 34.7 Å². The van der Waals surface area contributed by atoms with Gasteiger partial charge >= 0.3 is 0 Å². The van der Waals surface area contributed by atoms with Crippen LogP contribution in [0.15, 0.2) is 53.3 Å². The van der Waals surface area contributed by atoms with Crippen LogP contribution in [-0.2, 0) is 16.1 Å². The molecule has 118 valence electrons. The van der Waals surface area contributed by atoms with Crippen molar-refractivity contribution in [1.29, 1.82) is 0 Å². The molecule has 0 saturated carbocycles. The van der Waals surface area contributed by atoms with E-state index in [1.54, 1.807) is 13.4 Å². The highest BCUT2D eigenvalue weighted by Crippen LogP contribution is 2.22. The predicted octanol–water partition coefficient (Wildman–Crippen LogP) is 3.35. The van der Waals surface area contributed by atoms with E-state index in [-0.39, 0.29) is 12.3 Å². The molecule has 3 rings (SSSR count). The minimum atomic E-state index is -0.0969. The number of likely N-dealkylation sites (N-methyl/N-ethyl adjacent to an activating group) is 1. The monoisotopic (exact) mass is 373 g/mol. The van der Waals surface area contributed by atoms with Crippen molar-refractivity contribution >= 4 is 32.9 Å². The smallest absolute Gasteiger partial charge is 0.250 e. The number of hydrogen-bond acceptors (Lipinski definition) is 3. The van der Waals surface area contributed by atoms with Gasteiger partial charge in [-0.25, -0.2) is 10.0 Å². The summed E-state index contributed by atoms with van der Waals surface area (Å²) in [5.74, 6) is -0.0969. The van der Waals surface area contributed by atoms with E-state index >= 15 is 0 Å². The van der Waals surface area contributed by atoms with Gasteiger partial charge in [0.15, 0.2) is 0 Å². The van der Waals surface area contributed by atoms with Crippen LogP contribution >= 0.6 is 15.9 Å². The first kappa shape index (κ1) is 15.7. The molecule has 0 spiro atoms. The van der Waals surface area contributed by atoms with Gasteiger partial charge in [0.2, 0.25) is 5.91 Å². The average Bonchev–Trinajstić information content (AvgIpc) is 2.97. The molecule has 0 atom stereocenters. The zero-order chi connectivity index (χ0) is 16.4. The van der Waals surface area contributed by atoms with Crippen molar-refractivity contribution in [3.8, 4) is 5.69 Å². The zero-order valence-corrected chi connectivity index (χ0v) is 14.4. The fourth-order valence-electron chi connectivity index (χ4n) is 2.38. The van der Waals surface area contributed by atoms with Gasteiger partial charge in [-0.2, -0.15) is 0 Å². The molecule has 0 fully saturated rings. The van der Waals surface area contributed by atoms with Crippen LogP contribution in [0.25, 0.3) is 16.7 Å². The highest BCUT2D eigenvalue weighted by Gasteiger charge is 2.11. The van der Waals surface area contributed by atoms with Crippen LogP contribution in [0.5, 0.6) is 0 Å². The van der Waals surface area contributed by atoms with E-state index in [0.717, 1.165) is 26.8 Å². The van der Waals surface area contributed by atoms with E-state index in [4.69, 9.17) is 4.84 Å². The molecule has 5 nitrogen and oxygen atoms in total. The molecule has 3 aromatic rings. The number of halogens is 1. The quantitative estimate of drug-likeness (QED) is 0.658. The van der Waals surface area contributed by atoms with Crippen LogP contribution < -0.4 is 0 Å². The van der Waals surface area contributed by atoms with Crippen molar-refractivity contribution in [3.63, 3.8) is 0 Å². The van der Waals surface area contributed by atoms with Gasteiger partial charge in [-0.3, -0.25) is 14.2 Å². The maximum atomic E-state index is 12.0. The van der Waals surface area contributed by atoms with E-state index in [9.17, 15) is 4.79 Å². The maximum Gasteiger partial charge on any atom is 0.250 e. The van der Waals surface area contributed by atoms with Gasteiger partial charge in [0, 0.05) is 17.2 Å². The molecule has 0 aliphatic heterocycles. The normalized spacial score (nSPS) is 10.9. The first-order valence-electron chi connectivity index (χ1n) is 7.11. The largest absolute Gasteiger partial charge is 0.299 e. The Bertz CT molecular complexity index is 860. The number of rotatable bonds is 4. The molecule has 0 saturated heterocycles. The second-order valence-electron chi connectivity index (χ2n) is 5.17. The minimum Gasteiger partial charge on any atom is -0.299 e. The summed E-state index contributed by atoms with van der Waals surface area (Å²) in [7, 11) is 3.08. The number of fused-ring (bicyclic) bond motifs is 1. The van der Waals surface area contributed by atoms with Crippen molar-refractivity contribution in [2.45, 2.75) is 6.42 Å². The van der Waals surface area contributed by atoms with Crippen LogP contribution in [0, 0.1) is 0 Å². The van der Waals surface area contributed by atoms with Crippen molar-refractivity contribution in [1.82, 2.24) is 14.6 Å². The number of imidazole rings is 1. The Kier molecular flexibility index (Phi) is 4.45. The molecule has 1 aromatic heterocycles. The van der Waals surface area contributed by atoms with E-state index in [1.165, 1.54) is 12.2 Å². The fraction of sp³-hybridized carbons (Fsp3) is 0.176. The number of nitrogens with zero attached hydrogens (tertiary/aromatic N) is 3. The van der Waals surface area contributed by atoms with E-state index < -0.39 is 0 Å². The predicted molar refractivity (Wildman–Crippen MR) is 92.3 cm³/mol. The van der Waals surface area contributed by atoms with Gasteiger partial charge in [0.1, 0.15) is 6.33 Å². The molecule has 6 heteroatoms. The lowest BCUT2D eigenvalue weighted by Gasteiger charge is -2.13. The van der Waals surface area contributed by atoms with Crippen molar-refractivity contribution in [2.75, 3.05) is 14.2 Å². The fourth-order valence-corrected chi connectivity index (χ4v) is 2.77. The van der Waals surface area contributed by atoms with E-state index in [2.05, 4.69) is 20.9 Å². The number of hydroxylamine groups is 2. The second-order valence-corrected chi connectivity index (χ2v) is 6.08. The highest BCUT2D eigenvalue weighted by atomic mass is 79.9. The number of hydrogen-bond donors (Lipinski definition) is 0. The van der Waals surface area contributed by atoms with Crippen molar-refractivity contribution < 1.29 is 9.63 Å². The first-order chi connectivity index (χ1) is 11.1. The summed E-state index contributed by atoms with van der Waals surface area (Å²) in [5.41, 5.74) is 3.79. The lowest BCUT2D eigenvalue weighted by molar-refractivity contribution is -0.167. The molecule has 0 aliphatic carbocycles. The van der Waals surface area contributed by atoms with E-state index in [1.807, 2.05) is 47.0 Å². The SMILES string of the molecule is CON(C)C(=O)Cc1ccc2ncn(-c3cccc(Br)c3)c2c1. The lowest BCUT2D eigenvalue weighted by Crippen LogP contribution is -2.26. The Morgan fingerprint density at radius 1 is 1.30 bits per heavy atom. The number of carbonyl (C=O) groups excluding carboxylic acids is 1. The molecule has 1 heterocycles. The molecule has 0 radical (unpaired) electrons. The summed E-state index contributed by atoms with van der Waals surface area (Å²) in [6.45, 7) is 0. The van der Waals surface area contributed by atoms with Gasteiger partial charge in [0.25, 0.3) is 0 Å². The number of benzene rings is 2. The summed E-state index contributed by atoms with van der Waals surface area (Å²) in [6, 6.07) is 13.8. The van der Waals surface area contributed by atoms with E-state index in [0.29, 0.717) is 0 Å². The Morgan fingerprint density at radius 2 is 2.13 bits per heavy atom. The molecule has 0 unspecified atom stereocenters. The number of amides is 1. The summed E-state index contributed by atoms with van der Waals surface area (Å²) in [5, 5.41) is 1.23. The van der Waals surface area contributed by atoms with Crippen LogP contribution in [0.1, 0.15) is 5.56 Å². The Morgan fingerprint density at radius 3 is 2.87 bits per heavy atom. The van der Waals surface area contributed by atoms with Gasteiger partial charge in [-0.05, 0) is 35.9 Å². The van der Waals surface area contributed by atoms with Gasteiger partial charge in [-0.15, -0.1) is 0 Å². The molecule has 0 bridgehead atoms. The standard InChI is InChI=1S/C17H16BrN3O2/c1-20(23-2)17(22)9-12-6-7-15-16(8-12)21(11-19-15)14-5-3-4-13(18)10-14/h3-8,10-11H,9H2,1-2H3. The molecular formula is C17H16BrN3O2. The average molecular weight is 374 g/mol. The molecular weight excluding hydrogens is 358 g/mol. The van der Waals surface area contributed by atoms with Crippen LogP contribution in [0.4, 0.5) is 0 Å². The van der Waals surface area contributed by atoms with Crippen LogP contribution in [0.2, 0.25) is 0 Å². The highest BCUT2D eigenvalue weighted by molar-refractivity contribution is 9.10. The third-order valence-electron chi connectivity index (χ3n) is 3.68. The van der Waals surface area contributed by atoms with Gasteiger partial charge < -0.3 is 0 Å². The Balaban J connectivity index is 1.99. The molecule has 0 N–H and O–H groups in total. The van der Waals surface area contributed by atoms with Crippen molar-refractivity contribution in [3.05, 3.63) is 58.8 Å². The molecule has 1 amide bonds. The summed E-state index contributed by atoms with van der Waals surface area (Å²) < 4.78 is 3.01. The summed E-state index contributed by atoms with van der Waals surface area (Å²) in [6.07, 6.45) is 2.07. The van der Waals surface area contributed by atoms with Gasteiger partial charge in [-0.1, -0.05) is 28.1 Å². The number of aromatic nitrogens is 2. The maximum absolute atomic E-state index is 12.0. The van der Waals surface area contributed by atoms with Crippen molar-refractivity contribution in [2.24, 2.45) is 0 Å². The molecule has 2 aromatic carbocycles. The summed E-state index contributed by atoms with van der Waals surface area (Å²) >= 11 is 3.49. The lowest BCUT2D eigenvalue weighted by atomic mass is 10.1. The molecule has 0 aliphatic rings. The van der Waals surface area contributed by atoms with Crippen LogP contribution in [0.3, 0.4) is 0 Å². The summed E-state index contributed by atoms with van der Waals surface area (Å²) in [4.78, 5) is 21.3.